The number of rotatable bonds is 18. The maximum atomic E-state index is 11.5. The second-order valence-electron chi connectivity index (χ2n) is 25.6. The highest BCUT2D eigenvalue weighted by Crippen LogP contribution is 2.30. The first-order valence-corrected chi connectivity index (χ1v) is 35.7. The third-order valence-electron chi connectivity index (χ3n) is 16.9. The van der Waals surface area contributed by atoms with E-state index in [0.29, 0.717) is 45.9 Å². The number of benzene rings is 12. The van der Waals surface area contributed by atoms with Crippen LogP contribution < -0.4 is 14.8 Å². The predicted molar refractivity (Wildman–Crippen MR) is 465 cm³/mol. The van der Waals surface area contributed by atoms with Crippen LogP contribution in [-0.2, 0) is 16.0 Å². The molecule has 12 rings (SSSR count). The van der Waals surface area contributed by atoms with Gasteiger partial charge >= 0.3 is 11.9 Å². The number of nitro groups is 1. The third kappa shape index (κ3) is 29.0. The molecule has 12 aromatic rings. The number of aromatic hydroxyl groups is 6. The minimum Gasteiger partial charge on any atom is -0.508 e. The van der Waals surface area contributed by atoms with Crippen molar-refractivity contribution in [3.63, 3.8) is 0 Å². The Morgan fingerprint density at radius 1 is 0.417 bits per heavy atom. The SMILES string of the molecule is C.C#Cc1cccc(NCc2cc(C)ccc2O)c1.COC(=O)c1ccc(/C=C/c2cc(C)ccc2O)cc1.COC(=O)c1cccc(/C=C/c2cc(C)ccc2O)c1.COc1cccc(/C=C/c2cc(C)ccc2O)c1.COc1ccccc1/C=C/c1cc(C)ccc1O.N#Cc1ccccc1/C=C/c1cc([N+](=O)[O-])ccc1O. The van der Waals surface area contributed by atoms with E-state index < -0.39 is 4.92 Å². The zero-order chi connectivity index (χ0) is 82.5. The molecule has 0 heterocycles. The number of carbonyl (C=O) groups is 2. The Morgan fingerprint density at radius 3 is 1.35 bits per heavy atom. The number of hydrogen-bond acceptors (Lipinski definition) is 16. The Bertz CT molecular complexity index is 5530. The summed E-state index contributed by atoms with van der Waals surface area (Å²) in [7, 11) is 6.01. The lowest BCUT2D eigenvalue weighted by Crippen LogP contribution is -2.00. The summed E-state index contributed by atoms with van der Waals surface area (Å²) in [6, 6.07) is 77.7. The topological polar surface area (TPSA) is 271 Å². The number of hydrogen-bond donors (Lipinski definition) is 7. The number of phenolic OH excluding ortho intramolecular Hbond substituents is 6. The van der Waals surface area contributed by atoms with Crippen molar-refractivity contribution in [1.29, 1.82) is 5.26 Å². The number of non-ortho nitro benzene ring substituents is 1. The average Bonchev–Trinajstić information content (AvgIpc) is 0.853. The molecule has 0 aliphatic carbocycles. The van der Waals surface area contributed by atoms with E-state index in [1.165, 1.54) is 32.4 Å². The van der Waals surface area contributed by atoms with Crippen LogP contribution in [0.4, 0.5) is 11.4 Å². The fourth-order valence-corrected chi connectivity index (χ4v) is 10.7. The summed E-state index contributed by atoms with van der Waals surface area (Å²) in [6.07, 6.45) is 23.6. The van der Waals surface area contributed by atoms with E-state index in [-0.39, 0.29) is 48.1 Å². The van der Waals surface area contributed by atoms with Crippen LogP contribution in [0.3, 0.4) is 0 Å². The molecule has 17 nitrogen and oxygen atoms in total. The summed E-state index contributed by atoms with van der Waals surface area (Å²) < 4.78 is 19.8. The van der Waals surface area contributed by atoms with Gasteiger partial charge in [0.25, 0.3) is 5.69 Å². The van der Waals surface area contributed by atoms with Crippen LogP contribution in [0, 0.1) is 68.4 Å². The van der Waals surface area contributed by atoms with Crippen LogP contribution in [0.5, 0.6) is 46.0 Å². The number of phenols is 6. The molecule has 584 valence electrons. The van der Waals surface area contributed by atoms with Crippen LogP contribution >= 0.6 is 0 Å². The smallest absolute Gasteiger partial charge is 0.337 e. The standard InChI is InChI=1S/2C17H16O3.C16H15NO.2C16H16O2.C15H10N2O3.CH4/c1-12-3-10-16(18)15(11-12)9-6-13-4-7-14(8-5-13)17(19)20-2;1-12-6-9-16(18)14(10-12)8-7-13-4-3-5-15(11-13)17(19)20-2;1-3-13-5-4-6-15(10-13)17-11-14-9-12(2)7-8-16(14)18;1-12-6-9-16(17)14(10-12)8-7-13-4-3-5-15(11-13)18-2;1-12-7-10-15(17)14(11-12)9-8-13-5-3-4-6-16(13)18-2;16-10-13-4-2-1-3-11(13)5-6-12-9-14(17(19)20)7-8-15(12)18;/h2*3-11,18H,1-2H3;1,4-10,17-18H,11H2,2H3;2*3-11,17H,1-2H3;1-9,18H;1H4/b9-6+;8-7+;;8-7+;9-8+;6-5+;. The van der Waals surface area contributed by atoms with Crippen molar-refractivity contribution in [2.24, 2.45) is 0 Å². The van der Waals surface area contributed by atoms with E-state index in [9.17, 15) is 50.3 Å². The Morgan fingerprint density at radius 2 is 0.843 bits per heavy atom. The highest BCUT2D eigenvalue weighted by Gasteiger charge is 2.11. The van der Waals surface area contributed by atoms with Gasteiger partial charge in [0, 0.05) is 68.9 Å². The second kappa shape index (κ2) is 45.8. The van der Waals surface area contributed by atoms with Crippen LogP contribution in [-0.4, -0.2) is 75.9 Å². The van der Waals surface area contributed by atoms with Gasteiger partial charge in [0.2, 0.25) is 0 Å². The maximum Gasteiger partial charge on any atom is 0.337 e. The normalized spacial score (nSPS) is 10.4. The molecule has 0 atom stereocenters. The van der Waals surface area contributed by atoms with E-state index in [1.54, 1.807) is 111 Å². The summed E-state index contributed by atoms with van der Waals surface area (Å²) in [5.41, 5.74) is 17.6. The highest BCUT2D eigenvalue weighted by atomic mass is 16.6. The van der Waals surface area contributed by atoms with Crippen molar-refractivity contribution in [3.8, 4) is 64.4 Å². The first-order valence-electron chi connectivity index (χ1n) is 35.7. The van der Waals surface area contributed by atoms with Gasteiger partial charge < -0.3 is 54.9 Å². The lowest BCUT2D eigenvalue weighted by atomic mass is 10.1. The number of para-hydroxylation sites is 1. The van der Waals surface area contributed by atoms with Crippen molar-refractivity contribution in [2.45, 2.75) is 48.6 Å². The van der Waals surface area contributed by atoms with Gasteiger partial charge in [0.05, 0.1) is 56.1 Å². The largest absolute Gasteiger partial charge is 0.508 e. The number of methoxy groups -OCH3 is 4. The van der Waals surface area contributed by atoms with Crippen molar-refractivity contribution in [2.75, 3.05) is 33.8 Å². The molecular formula is C98H93N3O14. The molecule has 0 aliphatic heterocycles. The zero-order valence-electron chi connectivity index (χ0n) is 64.7. The third-order valence-corrected chi connectivity index (χ3v) is 16.9. The minimum atomic E-state index is -0.528. The van der Waals surface area contributed by atoms with E-state index in [4.69, 9.17) is 21.2 Å². The van der Waals surface area contributed by atoms with E-state index in [1.807, 2.05) is 235 Å². The molecule has 0 amide bonds. The van der Waals surface area contributed by atoms with Gasteiger partial charge in [-0.25, -0.2) is 9.59 Å². The lowest BCUT2D eigenvalue weighted by molar-refractivity contribution is -0.384. The second-order valence-corrected chi connectivity index (χ2v) is 25.6. The molecule has 0 aliphatic rings. The first-order chi connectivity index (χ1) is 54.9. The molecule has 12 aromatic carbocycles. The molecule has 0 unspecified atom stereocenters. The molecule has 0 saturated heterocycles. The van der Waals surface area contributed by atoms with Crippen LogP contribution in [0.25, 0.3) is 60.8 Å². The number of nitrogens with one attached hydrogen (secondary N) is 1. The molecule has 7 N–H and O–H groups in total. The van der Waals surface area contributed by atoms with Crippen LogP contribution in [0.15, 0.2) is 255 Å². The van der Waals surface area contributed by atoms with Gasteiger partial charge in [0.1, 0.15) is 46.0 Å². The number of carbonyl (C=O) groups excluding carboxylic acids is 2. The van der Waals surface area contributed by atoms with E-state index >= 15 is 0 Å². The summed E-state index contributed by atoms with van der Waals surface area (Å²) in [4.78, 5) is 32.9. The highest BCUT2D eigenvalue weighted by molar-refractivity contribution is 5.91. The molecule has 0 bridgehead atoms. The Balaban J connectivity index is 0.000000214. The Kier molecular flexibility index (Phi) is 35.4. The molecule has 115 heavy (non-hydrogen) atoms. The fraction of sp³-hybridized carbons (Fsp3) is 0.112. The van der Waals surface area contributed by atoms with Crippen LogP contribution in [0.1, 0.15) is 128 Å². The summed E-state index contributed by atoms with van der Waals surface area (Å²) in [5.74, 6) is 4.84. The minimum absolute atomic E-state index is 0. The number of terminal acetylenes is 1. The van der Waals surface area contributed by atoms with E-state index in [2.05, 4.69) is 26.8 Å². The van der Waals surface area contributed by atoms with Gasteiger partial charge in [-0.1, -0.05) is 217 Å². The monoisotopic (exact) mass is 1540 g/mol. The zero-order valence-corrected chi connectivity index (χ0v) is 64.7. The maximum absolute atomic E-state index is 11.5. The lowest BCUT2D eigenvalue weighted by Gasteiger charge is -2.09. The van der Waals surface area contributed by atoms with Crippen molar-refractivity contribution >= 4 is 84.1 Å². The van der Waals surface area contributed by atoms with Crippen molar-refractivity contribution in [3.05, 3.63) is 376 Å². The molecule has 17 heteroatoms. The van der Waals surface area contributed by atoms with Gasteiger partial charge in [0.15, 0.2) is 0 Å². The Labute approximate surface area is 672 Å². The van der Waals surface area contributed by atoms with Gasteiger partial charge in [-0.3, -0.25) is 10.1 Å². The summed E-state index contributed by atoms with van der Waals surface area (Å²) >= 11 is 0. The quantitative estimate of drug-likeness (QED) is 0.0138. The number of ether oxygens (including phenoxy) is 4. The number of aryl methyl sites for hydroxylation is 5. The van der Waals surface area contributed by atoms with Crippen LogP contribution in [0.2, 0.25) is 0 Å². The first kappa shape index (κ1) is 88.8. The van der Waals surface area contributed by atoms with E-state index in [0.717, 1.165) is 101 Å². The number of nitro benzene ring substituents is 1. The predicted octanol–water partition coefficient (Wildman–Crippen LogP) is 22.3. The molecule has 0 fully saturated rings. The molecular weight excluding hydrogens is 1440 g/mol. The number of nitrogens with zero attached hydrogens (tertiary/aromatic N) is 2. The number of anilines is 1. The summed E-state index contributed by atoms with van der Waals surface area (Å²) in [5, 5.41) is 81.3. The van der Waals surface area contributed by atoms with Gasteiger partial charge in [-0.15, -0.1) is 6.42 Å². The van der Waals surface area contributed by atoms with Crippen molar-refractivity contribution < 1.29 is 64.1 Å². The molecule has 0 radical (unpaired) electrons. The molecule has 0 spiro atoms. The molecule has 0 aromatic heterocycles. The fourth-order valence-electron chi connectivity index (χ4n) is 10.7. The molecule has 0 saturated carbocycles. The van der Waals surface area contributed by atoms with Crippen molar-refractivity contribution in [1.82, 2.24) is 0 Å². The Hall–Kier alpha value is -15.1. The number of esters is 2. The number of nitriles is 1. The average molecular weight is 1540 g/mol. The summed E-state index contributed by atoms with van der Waals surface area (Å²) in [6.45, 7) is 10.5. The van der Waals surface area contributed by atoms with Gasteiger partial charge in [-0.05, 0) is 184 Å². The van der Waals surface area contributed by atoms with Gasteiger partial charge in [-0.2, -0.15) is 5.26 Å².